The lowest BCUT2D eigenvalue weighted by Gasteiger charge is -2.33. The second kappa shape index (κ2) is 7.93. The molecule has 0 bridgehead atoms. The molecule has 29 heavy (non-hydrogen) atoms. The molecule has 4 heterocycles. The molecule has 4 aromatic rings. The zero-order valence-corrected chi connectivity index (χ0v) is 17.2. The second-order valence-corrected chi connectivity index (χ2v) is 8.15. The number of nitrogens with zero attached hydrogens (tertiary/aromatic N) is 5. The van der Waals surface area contributed by atoms with Crippen LogP contribution in [0.3, 0.4) is 0 Å². The minimum atomic E-state index is 0.422. The Kier molecular flexibility index (Phi) is 4.99. The molecule has 1 saturated heterocycles. The van der Waals surface area contributed by atoms with Gasteiger partial charge in [0.2, 0.25) is 0 Å². The van der Waals surface area contributed by atoms with Crippen LogP contribution in [-0.2, 0) is 11.3 Å². The molecule has 1 fully saturated rings. The Balaban J connectivity index is 1.54. The van der Waals surface area contributed by atoms with Crippen LogP contribution in [0.25, 0.3) is 21.3 Å². The van der Waals surface area contributed by atoms with E-state index >= 15 is 0 Å². The molecule has 7 heteroatoms. The zero-order valence-electron chi connectivity index (χ0n) is 16.4. The molecule has 1 aromatic carbocycles. The van der Waals surface area contributed by atoms with Crippen molar-refractivity contribution in [1.29, 1.82) is 0 Å². The van der Waals surface area contributed by atoms with Crippen LogP contribution in [0.5, 0.6) is 0 Å². The minimum absolute atomic E-state index is 0.422. The number of rotatable bonds is 5. The van der Waals surface area contributed by atoms with E-state index in [0.29, 0.717) is 12.6 Å². The number of ether oxygens (including phenoxy) is 1. The quantitative estimate of drug-likeness (QED) is 0.488. The number of anilines is 1. The van der Waals surface area contributed by atoms with Crippen LogP contribution in [0.4, 0.5) is 5.82 Å². The summed E-state index contributed by atoms with van der Waals surface area (Å²) in [5, 5.41) is 7.78. The van der Waals surface area contributed by atoms with Crippen molar-refractivity contribution >= 4 is 27.4 Å². The van der Waals surface area contributed by atoms with Crippen LogP contribution >= 0.6 is 11.3 Å². The predicted molar refractivity (Wildman–Crippen MR) is 116 cm³/mol. The molecule has 0 aliphatic carbocycles. The summed E-state index contributed by atoms with van der Waals surface area (Å²) in [5.74, 6) is 1.77. The van der Waals surface area contributed by atoms with Crippen molar-refractivity contribution in [3.05, 3.63) is 60.0 Å². The third kappa shape index (κ3) is 3.52. The van der Waals surface area contributed by atoms with E-state index in [1.165, 1.54) is 11.1 Å². The van der Waals surface area contributed by atoms with Gasteiger partial charge in [-0.05, 0) is 24.5 Å². The van der Waals surface area contributed by atoms with Crippen molar-refractivity contribution in [2.24, 2.45) is 0 Å². The highest BCUT2D eigenvalue weighted by atomic mass is 32.1. The molecule has 5 rings (SSSR count). The summed E-state index contributed by atoms with van der Waals surface area (Å²) in [4.78, 5) is 13.1. The summed E-state index contributed by atoms with van der Waals surface area (Å²) < 4.78 is 7.41. The van der Waals surface area contributed by atoms with E-state index in [1.54, 1.807) is 18.4 Å². The van der Waals surface area contributed by atoms with Crippen molar-refractivity contribution in [2.45, 2.75) is 25.5 Å². The van der Waals surface area contributed by atoms with Gasteiger partial charge in [-0.3, -0.25) is 4.68 Å². The largest absolute Gasteiger partial charge is 0.377 e. The second-order valence-electron chi connectivity index (χ2n) is 7.30. The molecule has 1 aliphatic heterocycles. The number of aromatic nitrogens is 4. The molecule has 0 spiro atoms. The molecule has 0 N–H and O–H groups in total. The van der Waals surface area contributed by atoms with Crippen LogP contribution in [0.1, 0.15) is 24.7 Å². The van der Waals surface area contributed by atoms with Crippen LogP contribution in [-0.4, -0.2) is 39.9 Å². The van der Waals surface area contributed by atoms with E-state index in [4.69, 9.17) is 14.7 Å². The Morgan fingerprint density at radius 2 is 1.93 bits per heavy atom. The fourth-order valence-corrected chi connectivity index (χ4v) is 5.02. The van der Waals surface area contributed by atoms with Gasteiger partial charge in [-0.1, -0.05) is 30.3 Å². The van der Waals surface area contributed by atoms with Crippen molar-refractivity contribution in [3.63, 3.8) is 0 Å². The number of fused-ring (bicyclic) bond motifs is 1. The maximum Gasteiger partial charge on any atom is 0.158 e. The average Bonchev–Trinajstić information content (AvgIpc) is 3.45. The van der Waals surface area contributed by atoms with E-state index in [1.807, 2.05) is 18.3 Å². The fraction of sp³-hybridized carbons (Fsp3) is 0.318. The summed E-state index contributed by atoms with van der Waals surface area (Å²) >= 11 is 1.68. The molecule has 0 unspecified atom stereocenters. The first kappa shape index (κ1) is 18.3. The van der Waals surface area contributed by atoms with Gasteiger partial charge in [0.1, 0.15) is 17.3 Å². The molecule has 0 saturated carbocycles. The maximum atomic E-state index is 5.33. The predicted octanol–water partition coefficient (Wildman–Crippen LogP) is 4.54. The lowest BCUT2D eigenvalue weighted by Crippen LogP contribution is -2.35. The number of hydrogen-bond acceptors (Lipinski definition) is 6. The van der Waals surface area contributed by atoms with Gasteiger partial charge in [0.15, 0.2) is 5.82 Å². The summed E-state index contributed by atoms with van der Waals surface area (Å²) in [6.45, 7) is 2.32. The number of thiophene rings is 1. The van der Waals surface area contributed by atoms with Crippen LogP contribution in [0.2, 0.25) is 0 Å². The molecule has 1 aliphatic rings. The molecule has 3 aromatic heterocycles. The van der Waals surface area contributed by atoms with Gasteiger partial charge >= 0.3 is 0 Å². The number of benzene rings is 1. The summed E-state index contributed by atoms with van der Waals surface area (Å²) in [6, 6.07) is 13.0. The Bertz CT molecular complexity index is 1090. The van der Waals surface area contributed by atoms with E-state index in [-0.39, 0.29) is 0 Å². The highest BCUT2D eigenvalue weighted by Crippen LogP contribution is 2.39. The lowest BCUT2D eigenvalue weighted by molar-refractivity contribution is 0.178. The minimum Gasteiger partial charge on any atom is -0.377 e. The maximum absolute atomic E-state index is 5.33. The van der Waals surface area contributed by atoms with Gasteiger partial charge in [-0.25, -0.2) is 9.97 Å². The Morgan fingerprint density at radius 3 is 2.66 bits per heavy atom. The zero-order chi connectivity index (χ0) is 19.6. The molecule has 0 atom stereocenters. The molecule has 148 valence electrons. The van der Waals surface area contributed by atoms with E-state index < -0.39 is 0 Å². The fourth-order valence-electron chi connectivity index (χ4n) is 4.06. The molecule has 0 radical (unpaired) electrons. The van der Waals surface area contributed by atoms with Gasteiger partial charge in [0.25, 0.3) is 0 Å². The summed E-state index contributed by atoms with van der Waals surface area (Å²) in [7, 11) is 1.69. The third-order valence-electron chi connectivity index (χ3n) is 5.48. The molecule has 6 nitrogen and oxygen atoms in total. The summed E-state index contributed by atoms with van der Waals surface area (Å²) in [5.41, 5.74) is 2.41. The Hall–Kier alpha value is -2.77. The van der Waals surface area contributed by atoms with Crippen molar-refractivity contribution in [1.82, 2.24) is 19.7 Å². The molecule has 0 amide bonds. The van der Waals surface area contributed by atoms with Crippen LogP contribution < -0.4 is 4.90 Å². The van der Waals surface area contributed by atoms with E-state index in [0.717, 1.165) is 47.8 Å². The van der Waals surface area contributed by atoms with Gasteiger partial charge in [-0.15, -0.1) is 11.3 Å². The topological polar surface area (TPSA) is 56.1 Å². The smallest absolute Gasteiger partial charge is 0.158 e. The van der Waals surface area contributed by atoms with E-state index in [2.05, 4.69) is 50.5 Å². The van der Waals surface area contributed by atoms with E-state index in [9.17, 15) is 0 Å². The van der Waals surface area contributed by atoms with Gasteiger partial charge in [0, 0.05) is 43.5 Å². The molecular weight excluding hydrogens is 382 g/mol. The number of hydrogen-bond donors (Lipinski definition) is 0. The van der Waals surface area contributed by atoms with Crippen molar-refractivity contribution in [3.8, 4) is 11.1 Å². The Morgan fingerprint density at radius 1 is 1.10 bits per heavy atom. The first-order valence-corrected chi connectivity index (χ1v) is 10.8. The van der Waals surface area contributed by atoms with Gasteiger partial charge < -0.3 is 9.64 Å². The van der Waals surface area contributed by atoms with Crippen LogP contribution in [0, 0.1) is 0 Å². The lowest BCUT2D eigenvalue weighted by atomic mass is 10.0. The summed E-state index contributed by atoms with van der Waals surface area (Å²) in [6.07, 6.45) is 6.02. The average molecular weight is 406 g/mol. The van der Waals surface area contributed by atoms with Crippen molar-refractivity contribution in [2.75, 3.05) is 25.1 Å². The SMILES string of the molecule is COCc1nc(N2CCC(n3cccn3)CC2)c2c(-c3ccccc3)csc2n1. The first-order chi connectivity index (χ1) is 14.3. The first-order valence-electron chi connectivity index (χ1n) is 9.90. The highest BCUT2D eigenvalue weighted by Gasteiger charge is 2.25. The number of methoxy groups -OCH3 is 1. The van der Waals surface area contributed by atoms with Gasteiger partial charge in [0.05, 0.1) is 11.4 Å². The monoisotopic (exact) mass is 405 g/mol. The van der Waals surface area contributed by atoms with Gasteiger partial charge in [-0.2, -0.15) is 5.10 Å². The van der Waals surface area contributed by atoms with Crippen molar-refractivity contribution < 1.29 is 4.74 Å². The normalized spacial score (nSPS) is 15.3. The highest BCUT2D eigenvalue weighted by molar-refractivity contribution is 7.17. The number of piperidine rings is 1. The van der Waals surface area contributed by atoms with Crippen LogP contribution in [0.15, 0.2) is 54.2 Å². The standard InChI is InChI=1S/C22H23N5OS/c1-28-14-19-24-21(26-12-8-17(9-13-26)27-11-5-10-23-27)20-18(15-29-22(20)25-19)16-6-3-2-4-7-16/h2-7,10-11,15,17H,8-9,12-14H2,1H3. The Labute approximate surface area is 173 Å². The third-order valence-corrected chi connectivity index (χ3v) is 6.35. The molecular formula is C22H23N5OS.